The van der Waals surface area contributed by atoms with Crippen LogP contribution >= 0.6 is 0 Å². The van der Waals surface area contributed by atoms with Crippen molar-refractivity contribution in [1.29, 1.82) is 0 Å². The lowest BCUT2D eigenvalue weighted by atomic mass is 9.95. The van der Waals surface area contributed by atoms with E-state index in [-0.39, 0.29) is 5.91 Å². The van der Waals surface area contributed by atoms with E-state index in [9.17, 15) is 4.79 Å². The van der Waals surface area contributed by atoms with Gasteiger partial charge in [-0.25, -0.2) is 4.98 Å². The van der Waals surface area contributed by atoms with Crippen LogP contribution in [0.5, 0.6) is 0 Å². The molecular formula is C16H28N6O. The van der Waals surface area contributed by atoms with Gasteiger partial charge in [-0.15, -0.1) is 0 Å². The molecule has 1 amide bonds. The maximum Gasteiger partial charge on any atom is 0.217 e. The highest BCUT2D eigenvalue weighted by Gasteiger charge is 2.23. The summed E-state index contributed by atoms with van der Waals surface area (Å²) < 4.78 is 2.06. The number of nitrogens with two attached hydrogens (primary N) is 1. The zero-order chi connectivity index (χ0) is 16.5. The number of imidazole rings is 1. The Kier molecular flexibility index (Phi) is 6.90. The molecule has 1 aromatic heterocycles. The number of aliphatic imine (C=N–C) groups is 1. The fraction of sp³-hybridized carbons (Fsp3) is 0.688. The summed E-state index contributed by atoms with van der Waals surface area (Å²) in [5, 5.41) is 3.36. The van der Waals surface area contributed by atoms with Crippen molar-refractivity contribution >= 4 is 11.9 Å². The van der Waals surface area contributed by atoms with Gasteiger partial charge in [0.05, 0.1) is 6.33 Å². The second-order valence-corrected chi connectivity index (χ2v) is 6.01. The molecule has 1 aromatic rings. The molecule has 7 nitrogen and oxygen atoms in total. The third kappa shape index (κ3) is 5.92. The monoisotopic (exact) mass is 320 g/mol. The third-order valence-electron chi connectivity index (χ3n) is 4.04. The van der Waals surface area contributed by atoms with Crippen LogP contribution in [0.4, 0.5) is 0 Å². The van der Waals surface area contributed by atoms with Gasteiger partial charge in [0.25, 0.3) is 0 Å². The van der Waals surface area contributed by atoms with Crippen LogP contribution in [0.15, 0.2) is 23.7 Å². The molecule has 1 saturated heterocycles. The molecule has 0 saturated carbocycles. The highest BCUT2D eigenvalue weighted by molar-refractivity contribution is 5.80. The summed E-state index contributed by atoms with van der Waals surface area (Å²) in [5.74, 6) is 1.09. The van der Waals surface area contributed by atoms with Gasteiger partial charge in [-0.3, -0.25) is 9.79 Å². The number of amides is 1. The lowest BCUT2D eigenvalue weighted by Gasteiger charge is -2.34. The molecule has 1 aliphatic rings. The van der Waals surface area contributed by atoms with Crippen LogP contribution in [0, 0.1) is 5.92 Å². The molecule has 0 aliphatic carbocycles. The number of piperidine rings is 1. The van der Waals surface area contributed by atoms with Crippen molar-refractivity contribution in [3.05, 3.63) is 18.7 Å². The van der Waals surface area contributed by atoms with Gasteiger partial charge in [-0.1, -0.05) is 0 Å². The molecule has 0 aromatic carbocycles. The first-order valence-corrected chi connectivity index (χ1v) is 8.46. The van der Waals surface area contributed by atoms with Crippen LogP contribution in [-0.4, -0.2) is 52.5 Å². The molecular weight excluding hydrogens is 292 g/mol. The predicted octanol–water partition coefficient (Wildman–Crippen LogP) is 0.826. The molecule has 128 valence electrons. The topological polar surface area (TPSA) is 88.5 Å². The van der Waals surface area contributed by atoms with Crippen LogP contribution in [0.3, 0.4) is 0 Å². The van der Waals surface area contributed by atoms with Gasteiger partial charge < -0.3 is 20.5 Å². The lowest BCUT2D eigenvalue weighted by Crippen LogP contribution is -2.47. The summed E-state index contributed by atoms with van der Waals surface area (Å²) in [5.41, 5.74) is 5.34. The number of aromatic nitrogens is 2. The first-order valence-electron chi connectivity index (χ1n) is 8.46. The van der Waals surface area contributed by atoms with Crippen LogP contribution in [-0.2, 0) is 11.3 Å². The number of carbonyl (C=O) groups excluding carboxylic acids is 1. The number of nitrogens with zero attached hydrogens (tertiary/aromatic N) is 4. The van der Waals surface area contributed by atoms with Crippen LogP contribution in [0.2, 0.25) is 0 Å². The quantitative estimate of drug-likeness (QED) is 0.442. The Balaban J connectivity index is 1.85. The molecule has 2 rings (SSSR count). The maximum atomic E-state index is 11.1. The van der Waals surface area contributed by atoms with Gasteiger partial charge in [0, 0.05) is 51.5 Å². The number of nitrogens with one attached hydrogen (secondary N) is 1. The van der Waals surface area contributed by atoms with Crippen molar-refractivity contribution in [3.63, 3.8) is 0 Å². The highest BCUT2D eigenvalue weighted by atomic mass is 16.1. The van der Waals surface area contributed by atoms with Crippen molar-refractivity contribution in [3.8, 4) is 0 Å². The molecule has 1 fully saturated rings. The van der Waals surface area contributed by atoms with Crippen molar-refractivity contribution in [1.82, 2.24) is 19.8 Å². The van der Waals surface area contributed by atoms with E-state index in [1.54, 1.807) is 6.20 Å². The van der Waals surface area contributed by atoms with E-state index in [1.165, 1.54) is 0 Å². The second kappa shape index (κ2) is 9.17. The second-order valence-electron chi connectivity index (χ2n) is 6.01. The number of primary amides is 1. The average Bonchev–Trinajstić information content (AvgIpc) is 3.03. The number of carbonyl (C=O) groups is 1. The van der Waals surface area contributed by atoms with Gasteiger partial charge in [-0.2, -0.15) is 0 Å². The fourth-order valence-electron chi connectivity index (χ4n) is 2.99. The van der Waals surface area contributed by atoms with Gasteiger partial charge in [0.15, 0.2) is 5.96 Å². The van der Waals surface area contributed by atoms with Gasteiger partial charge in [-0.05, 0) is 32.1 Å². The van der Waals surface area contributed by atoms with Gasteiger partial charge in [0.2, 0.25) is 5.91 Å². The largest absolute Gasteiger partial charge is 0.370 e. The Hall–Kier alpha value is -2.05. The van der Waals surface area contributed by atoms with Crippen molar-refractivity contribution in [2.24, 2.45) is 16.6 Å². The van der Waals surface area contributed by atoms with Crippen molar-refractivity contribution < 1.29 is 4.79 Å². The van der Waals surface area contributed by atoms with E-state index in [0.717, 1.165) is 57.9 Å². The summed E-state index contributed by atoms with van der Waals surface area (Å²) in [6.45, 7) is 6.47. The molecule has 3 N–H and O–H groups in total. The van der Waals surface area contributed by atoms with Gasteiger partial charge >= 0.3 is 0 Å². The van der Waals surface area contributed by atoms with Crippen LogP contribution in [0.25, 0.3) is 0 Å². The number of likely N-dealkylation sites (tertiary alicyclic amines) is 1. The molecule has 0 radical (unpaired) electrons. The molecule has 1 unspecified atom stereocenters. The minimum Gasteiger partial charge on any atom is -0.370 e. The lowest BCUT2D eigenvalue weighted by molar-refractivity contribution is -0.119. The van der Waals surface area contributed by atoms with E-state index in [2.05, 4.69) is 26.7 Å². The number of guanidine groups is 1. The van der Waals surface area contributed by atoms with E-state index < -0.39 is 0 Å². The summed E-state index contributed by atoms with van der Waals surface area (Å²) in [6.07, 6.45) is 9.18. The van der Waals surface area contributed by atoms with Crippen LogP contribution in [0.1, 0.15) is 32.6 Å². The minimum absolute atomic E-state index is 0.209. The smallest absolute Gasteiger partial charge is 0.217 e. The van der Waals surface area contributed by atoms with Gasteiger partial charge in [0.1, 0.15) is 0 Å². The van der Waals surface area contributed by atoms with E-state index in [0.29, 0.717) is 12.3 Å². The van der Waals surface area contributed by atoms with E-state index in [4.69, 9.17) is 10.7 Å². The summed E-state index contributed by atoms with van der Waals surface area (Å²) in [6, 6.07) is 0. The third-order valence-corrected chi connectivity index (χ3v) is 4.04. The summed E-state index contributed by atoms with van der Waals surface area (Å²) >= 11 is 0. The summed E-state index contributed by atoms with van der Waals surface area (Å²) in [4.78, 5) is 22.2. The van der Waals surface area contributed by atoms with Crippen LogP contribution < -0.4 is 11.1 Å². The SMILES string of the molecule is CCNC(=NCCCn1ccnc1)N1CCCC(CC(N)=O)C1. The predicted molar refractivity (Wildman–Crippen MR) is 90.9 cm³/mol. The molecule has 1 aliphatic heterocycles. The molecule has 23 heavy (non-hydrogen) atoms. The highest BCUT2D eigenvalue weighted by Crippen LogP contribution is 2.19. The molecule has 1 atom stereocenters. The number of rotatable bonds is 7. The fourth-order valence-corrected chi connectivity index (χ4v) is 2.99. The Morgan fingerprint density at radius 1 is 1.52 bits per heavy atom. The van der Waals surface area contributed by atoms with E-state index in [1.807, 2.05) is 12.5 Å². The minimum atomic E-state index is -0.209. The average molecular weight is 320 g/mol. The standard InChI is InChI=1S/C16H28N6O/c1-2-19-16(20-6-4-8-21-10-7-18-13-21)22-9-3-5-14(12-22)11-15(17)23/h7,10,13-14H,2-6,8-9,11-12H2,1H3,(H2,17,23)(H,19,20). The molecule has 7 heteroatoms. The zero-order valence-corrected chi connectivity index (χ0v) is 13.9. The Bertz CT molecular complexity index is 499. The normalized spacial score (nSPS) is 18.9. The number of hydrogen-bond acceptors (Lipinski definition) is 3. The van der Waals surface area contributed by atoms with Crippen molar-refractivity contribution in [2.45, 2.75) is 39.2 Å². The maximum absolute atomic E-state index is 11.1. The zero-order valence-electron chi connectivity index (χ0n) is 13.9. The first-order chi connectivity index (χ1) is 11.2. The number of hydrogen-bond donors (Lipinski definition) is 2. The first kappa shape index (κ1) is 17.3. The van der Waals surface area contributed by atoms with Crippen molar-refractivity contribution in [2.75, 3.05) is 26.2 Å². The molecule has 0 bridgehead atoms. The Labute approximate surface area is 138 Å². The van der Waals surface area contributed by atoms with E-state index >= 15 is 0 Å². The molecule has 2 heterocycles. The Morgan fingerprint density at radius 3 is 3.09 bits per heavy atom. The molecule has 0 spiro atoms. The Morgan fingerprint density at radius 2 is 2.39 bits per heavy atom. The summed E-state index contributed by atoms with van der Waals surface area (Å²) in [7, 11) is 0. The number of aryl methyl sites for hydroxylation is 1.